The average molecular weight is 385 g/mol. The molecule has 0 aliphatic carbocycles. The predicted octanol–water partition coefficient (Wildman–Crippen LogP) is 3.64. The summed E-state index contributed by atoms with van der Waals surface area (Å²) in [5.41, 5.74) is 1.67. The number of methoxy groups -OCH3 is 1. The smallest absolute Gasteiger partial charge is 0.322 e. The van der Waals surface area contributed by atoms with E-state index in [0.717, 1.165) is 24.2 Å². The molecule has 0 unspecified atom stereocenters. The van der Waals surface area contributed by atoms with E-state index in [1.54, 1.807) is 25.2 Å². The Labute approximate surface area is 165 Å². The van der Waals surface area contributed by atoms with Crippen LogP contribution in [0.25, 0.3) is 0 Å². The molecular weight excluding hydrogens is 358 g/mol. The second kappa shape index (κ2) is 8.82. The Morgan fingerprint density at radius 3 is 2.64 bits per heavy atom. The third-order valence-corrected chi connectivity index (χ3v) is 5.11. The number of furan rings is 1. The fraction of sp³-hybridized carbons (Fsp3) is 0.429. The van der Waals surface area contributed by atoms with Crippen LogP contribution >= 0.6 is 0 Å². The summed E-state index contributed by atoms with van der Waals surface area (Å²) in [6.07, 6.45) is 3.07. The standard InChI is InChI=1S/C21H27N3O4/c1-15-6-7-20(27-3)19(13-15)22-21(26)24(14-18-5-4-12-28-18)17-8-10-23(11-9-17)16(2)25/h4-7,12-13,17H,8-11,14H2,1-3H3,(H,22,26). The van der Waals surface area contributed by atoms with Gasteiger partial charge in [0, 0.05) is 26.1 Å². The van der Waals surface area contributed by atoms with Gasteiger partial charge in [0.1, 0.15) is 11.5 Å². The van der Waals surface area contributed by atoms with Crippen LogP contribution in [0.1, 0.15) is 31.1 Å². The molecule has 2 heterocycles. The van der Waals surface area contributed by atoms with Gasteiger partial charge in [0.15, 0.2) is 0 Å². The molecule has 0 atom stereocenters. The van der Waals surface area contributed by atoms with Gasteiger partial charge in [0.25, 0.3) is 0 Å². The van der Waals surface area contributed by atoms with Crippen molar-refractivity contribution in [1.82, 2.24) is 9.80 Å². The molecule has 3 amide bonds. The number of carbonyl (C=O) groups excluding carboxylic acids is 2. The van der Waals surface area contributed by atoms with E-state index in [4.69, 9.17) is 9.15 Å². The second-order valence-corrected chi connectivity index (χ2v) is 7.08. The number of piperidine rings is 1. The van der Waals surface area contributed by atoms with Crippen LogP contribution in [0.3, 0.4) is 0 Å². The number of ether oxygens (including phenoxy) is 1. The number of amides is 3. The first-order chi connectivity index (χ1) is 13.5. The predicted molar refractivity (Wildman–Crippen MR) is 106 cm³/mol. The maximum atomic E-state index is 13.2. The van der Waals surface area contributed by atoms with Crippen molar-refractivity contribution in [3.05, 3.63) is 47.9 Å². The highest BCUT2D eigenvalue weighted by Crippen LogP contribution is 2.27. The van der Waals surface area contributed by atoms with Crippen LogP contribution in [0.15, 0.2) is 41.0 Å². The number of benzene rings is 1. The van der Waals surface area contributed by atoms with Gasteiger partial charge in [-0.2, -0.15) is 0 Å². The zero-order chi connectivity index (χ0) is 20.1. The Kier molecular flexibility index (Phi) is 6.23. The molecule has 1 fully saturated rings. The molecule has 7 heteroatoms. The minimum atomic E-state index is -0.207. The molecule has 1 aromatic heterocycles. The van der Waals surface area contributed by atoms with Crippen LogP contribution in [-0.2, 0) is 11.3 Å². The van der Waals surface area contributed by atoms with Crippen molar-refractivity contribution in [1.29, 1.82) is 0 Å². The monoisotopic (exact) mass is 385 g/mol. The molecule has 3 rings (SSSR count). The summed E-state index contributed by atoms with van der Waals surface area (Å²) >= 11 is 0. The molecule has 1 aliphatic heterocycles. The molecular formula is C21H27N3O4. The van der Waals surface area contributed by atoms with E-state index < -0.39 is 0 Å². The highest BCUT2D eigenvalue weighted by atomic mass is 16.5. The highest BCUT2D eigenvalue weighted by molar-refractivity contribution is 5.91. The topological polar surface area (TPSA) is 75.0 Å². The minimum Gasteiger partial charge on any atom is -0.495 e. The summed E-state index contributed by atoms with van der Waals surface area (Å²) in [5.74, 6) is 1.41. The van der Waals surface area contributed by atoms with E-state index in [2.05, 4.69) is 5.32 Å². The van der Waals surface area contributed by atoms with E-state index in [9.17, 15) is 9.59 Å². The number of hydrogen-bond acceptors (Lipinski definition) is 4. The average Bonchev–Trinajstić information content (AvgIpc) is 3.19. The molecule has 0 radical (unpaired) electrons. The van der Waals surface area contributed by atoms with Crippen LogP contribution in [0.2, 0.25) is 0 Å². The number of carbonyl (C=O) groups is 2. The van der Waals surface area contributed by atoms with Gasteiger partial charge in [0.2, 0.25) is 5.91 Å². The first-order valence-corrected chi connectivity index (χ1v) is 9.48. The Balaban J connectivity index is 1.78. The number of urea groups is 1. The Hall–Kier alpha value is -2.96. The van der Waals surface area contributed by atoms with E-state index in [1.165, 1.54) is 0 Å². The quantitative estimate of drug-likeness (QED) is 0.853. The first kappa shape index (κ1) is 19.8. The zero-order valence-corrected chi connectivity index (χ0v) is 16.6. The summed E-state index contributed by atoms with van der Waals surface area (Å²) in [5, 5.41) is 2.99. The lowest BCUT2D eigenvalue weighted by Crippen LogP contribution is -2.49. The van der Waals surface area contributed by atoms with Gasteiger partial charge < -0.3 is 24.3 Å². The highest BCUT2D eigenvalue weighted by Gasteiger charge is 2.30. The van der Waals surface area contributed by atoms with Crippen molar-refractivity contribution in [3.8, 4) is 5.75 Å². The zero-order valence-electron chi connectivity index (χ0n) is 16.6. The van der Waals surface area contributed by atoms with Gasteiger partial charge >= 0.3 is 6.03 Å². The summed E-state index contributed by atoms with van der Waals surface area (Å²) in [7, 11) is 1.58. The normalized spacial score (nSPS) is 14.6. The van der Waals surface area contributed by atoms with Gasteiger partial charge in [0.05, 0.1) is 25.6 Å². The lowest BCUT2D eigenvalue weighted by atomic mass is 10.0. The molecule has 28 heavy (non-hydrogen) atoms. The number of anilines is 1. The fourth-order valence-corrected chi connectivity index (χ4v) is 3.54. The number of aryl methyl sites for hydroxylation is 1. The van der Waals surface area contributed by atoms with Gasteiger partial charge in [-0.15, -0.1) is 0 Å². The van der Waals surface area contributed by atoms with Gasteiger partial charge in [-0.25, -0.2) is 4.79 Å². The lowest BCUT2D eigenvalue weighted by Gasteiger charge is -2.38. The minimum absolute atomic E-state index is 0.0245. The molecule has 1 N–H and O–H groups in total. The largest absolute Gasteiger partial charge is 0.495 e. The van der Waals surface area contributed by atoms with E-state index >= 15 is 0 Å². The molecule has 2 aromatic rings. The van der Waals surface area contributed by atoms with Crippen molar-refractivity contribution >= 4 is 17.6 Å². The fourth-order valence-electron chi connectivity index (χ4n) is 3.54. The number of hydrogen-bond donors (Lipinski definition) is 1. The van der Waals surface area contributed by atoms with Crippen LogP contribution in [-0.4, -0.2) is 48.0 Å². The van der Waals surface area contributed by atoms with E-state index in [0.29, 0.717) is 31.1 Å². The molecule has 1 aliphatic rings. The van der Waals surface area contributed by atoms with Gasteiger partial charge in [-0.1, -0.05) is 6.07 Å². The van der Waals surface area contributed by atoms with E-state index in [-0.39, 0.29) is 18.0 Å². The molecule has 0 saturated carbocycles. The molecule has 150 valence electrons. The Morgan fingerprint density at radius 1 is 1.29 bits per heavy atom. The lowest BCUT2D eigenvalue weighted by molar-refractivity contribution is -0.130. The van der Waals surface area contributed by atoms with Crippen molar-refractivity contribution in [2.24, 2.45) is 0 Å². The molecule has 0 spiro atoms. The molecule has 1 saturated heterocycles. The van der Waals surface area contributed by atoms with Crippen molar-refractivity contribution < 1.29 is 18.7 Å². The first-order valence-electron chi connectivity index (χ1n) is 9.48. The van der Waals surface area contributed by atoms with Crippen LogP contribution in [0.4, 0.5) is 10.5 Å². The Bertz CT molecular complexity index is 811. The Morgan fingerprint density at radius 2 is 2.04 bits per heavy atom. The number of nitrogens with zero attached hydrogens (tertiary/aromatic N) is 2. The second-order valence-electron chi connectivity index (χ2n) is 7.08. The van der Waals surface area contributed by atoms with Crippen LogP contribution in [0.5, 0.6) is 5.75 Å². The number of rotatable bonds is 5. The number of nitrogens with one attached hydrogen (secondary N) is 1. The molecule has 1 aromatic carbocycles. The van der Waals surface area contributed by atoms with Crippen molar-refractivity contribution in [2.45, 2.75) is 39.3 Å². The maximum Gasteiger partial charge on any atom is 0.322 e. The van der Waals surface area contributed by atoms with Crippen LogP contribution in [0, 0.1) is 6.92 Å². The SMILES string of the molecule is COc1ccc(C)cc1NC(=O)N(Cc1ccco1)C1CCN(C(C)=O)CC1. The summed E-state index contributed by atoms with van der Waals surface area (Å²) in [6.45, 7) is 5.22. The number of likely N-dealkylation sites (tertiary alicyclic amines) is 1. The van der Waals surface area contributed by atoms with Crippen molar-refractivity contribution in [2.75, 3.05) is 25.5 Å². The van der Waals surface area contributed by atoms with Crippen molar-refractivity contribution in [3.63, 3.8) is 0 Å². The molecule has 7 nitrogen and oxygen atoms in total. The van der Waals surface area contributed by atoms with Gasteiger partial charge in [-0.3, -0.25) is 4.79 Å². The van der Waals surface area contributed by atoms with Gasteiger partial charge in [-0.05, 0) is 49.6 Å². The third kappa shape index (κ3) is 4.65. The summed E-state index contributed by atoms with van der Waals surface area (Å²) in [4.78, 5) is 28.4. The summed E-state index contributed by atoms with van der Waals surface area (Å²) in [6, 6.07) is 9.16. The third-order valence-electron chi connectivity index (χ3n) is 5.11. The molecule has 0 bridgehead atoms. The summed E-state index contributed by atoms with van der Waals surface area (Å²) < 4.78 is 10.8. The van der Waals surface area contributed by atoms with Crippen LogP contribution < -0.4 is 10.1 Å². The maximum absolute atomic E-state index is 13.2. The van der Waals surface area contributed by atoms with E-state index in [1.807, 2.05) is 42.2 Å².